The average Bonchev–Trinajstić information content (AvgIpc) is 3.02. The molecule has 1 saturated heterocycles. The topological polar surface area (TPSA) is 71.8 Å². The van der Waals surface area contributed by atoms with Gasteiger partial charge in [0.15, 0.2) is 5.16 Å². The van der Waals surface area contributed by atoms with E-state index in [1.807, 2.05) is 35.9 Å². The van der Waals surface area contributed by atoms with Crippen LogP contribution in [-0.4, -0.2) is 33.8 Å². The molecule has 0 radical (unpaired) electrons. The van der Waals surface area contributed by atoms with Crippen molar-refractivity contribution in [2.45, 2.75) is 36.2 Å². The Kier molecular flexibility index (Phi) is 7.93. The van der Waals surface area contributed by atoms with Crippen molar-refractivity contribution in [1.29, 1.82) is 0 Å². The van der Waals surface area contributed by atoms with E-state index < -0.39 is 0 Å². The molecule has 2 unspecified atom stereocenters. The quantitative estimate of drug-likeness (QED) is 0.784. The zero-order chi connectivity index (χ0) is 17.6. The number of halogens is 1. The first-order chi connectivity index (χ1) is 12.1. The van der Waals surface area contributed by atoms with Crippen LogP contribution in [0.3, 0.4) is 0 Å². The Hall–Kier alpha value is -1.57. The van der Waals surface area contributed by atoms with Gasteiger partial charge in [-0.2, -0.15) is 0 Å². The fourth-order valence-corrected chi connectivity index (χ4v) is 3.87. The second kappa shape index (κ2) is 9.94. The Bertz CT molecular complexity index is 700. The second-order valence-electron chi connectivity index (χ2n) is 6.69. The van der Waals surface area contributed by atoms with Crippen molar-refractivity contribution < 1.29 is 4.79 Å². The van der Waals surface area contributed by atoms with Gasteiger partial charge in [-0.25, -0.2) is 0 Å². The predicted octanol–water partition coefficient (Wildman–Crippen LogP) is 3.35. The van der Waals surface area contributed by atoms with Crippen LogP contribution in [0, 0.1) is 11.8 Å². The number of aryl methyl sites for hydroxylation is 1. The van der Waals surface area contributed by atoms with Crippen LogP contribution >= 0.6 is 24.2 Å². The molecule has 26 heavy (non-hydrogen) atoms. The zero-order valence-corrected chi connectivity index (χ0v) is 16.8. The van der Waals surface area contributed by atoms with Gasteiger partial charge in [-0.3, -0.25) is 4.79 Å². The summed E-state index contributed by atoms with van der Waals surface area (Å²) in [5.41, 5.74) is 0.835. The SMILES string of the molecule is CC(CC(=O)Nc1ccc(Sc2nncn2C)cc1)C1CCCNC1.Cl. The number of rotatable bonds is 6. The van der Waals surface area contributed by atoms with Gasteiger partial charge < -0.3 is 15.2 Å². The van der Waals surface area contributed by atoms with Crippen molar-refractivity contribution in [3.63, 3.8) is 0 Å². The number of carbonyl (C=O) groups is 1. The summed E-state index contributed by atoms with van der Waals surface area (Å²) in [6, 6.07) is 7.85. The monoisotopic (exact) mass is 395 g/mol. The van der Waals surface area contributed by atoms with E-state index in [9.17, 15) is 4.79 Å². The highest BCUT2D eigenvalue weighted by Gasteiger charge is 2.22. The highest BCUT2D eigenvalue weighted by atomic mass is 35.5. The van der Waals surface area contributed by atoms with E-state index in [0.29, 0.717) is 18.3 Å². The maximum Gasteiger partial charge on any atom is 0.224 e. The van der Waals surface area contributed by atoms with Gasteiger partial charge >= 0.3 is 0 Å². The lowest BCUT2D eigenvalue weighted by atomic mass is 9.85. The van der Waals surface area contributed by atoms with Crippen molar-refractivity contribution >= 4 is 35.8 Å². The molecule has 2 aromatic rings. The van der Waals surface area contributed by atoms with Crippen LogP contribution < -0.4 is 10.6 Å². The first-order valence-corrected chi connectivity index (χ1v) is 9.56. The number of hydrogen-bond acceptors (Lipinski definition) is 5. The lowest BCUT2D eigenvalue weighted by Gasteiger charge is -2.28. The Morgan fingerprint density at radius 2 is 2.19 bits per heavy atom. The van der Waals surface area contributed by atoms with Gasteiger partial charge in [-0.1, -0.05) is 6.92 Å². The number of aromatic nitrogens is 3. The maximum absolute atomic E-state index is 12.3. The normalized spacial score (nSPS) is 18.0. The minimum Gasteiger partial charge on any atom is -0.326 e. The van der Waals surface area contributed by atoms with Gasteiger partial charge in [0.1, 0.15) is 6.33 Å². The van der Waals surface area contributed by atoms with Gasteiger partial charge in [0.2, 0.25) is 5.91 Å². The Labute approximate surface area is 164 Å². The molecule has 1 aliphatic rings. The first-order valence-electron chi connectivity index (χ1n) is 8.74. The van der Waals surface area contributed by atoms with E-state index in [-0.39, 0.29) is 18.3 Å². The molecule has 0 spiro atoms. The molecular formula is C18H26ClN5OS. The lowest BCUT2D eigenvalue weighted by Crippen LogP contribution is -2.34. The molecule has 3 rings (SSSR count). The molecule has 0 aliphatic carbocycles. The van der Waals surface area contributed by atoms with Gasteiger partial charge in [-0.15, -0.1) is 22.6 Å². The van der Waals surface area contributed by atoms with Crippen LogP contribution in [0.5, 0.6) is 0 Å². The molecule has 1 amide bonds. The summed E-state index contributed by atoms with van der Waals surface area (Å²) in [5.74, 6) is 1.09. The van der Waals surface area contributed by atoms with Crippen LogP contribution in [0.25, 0.3) is 0 Å². The third-order valence-electron chi connectivity index (χ3n) is 4.66. The van der Waals surface area contributed by atoms with Crippen molar-refractivity contribution in [1.82, 2.24) is 20.1 Å². The van der Waals surface area contributed by atoms with Crippen molar-refractivity contribution in [2.75, 3.05) is 18.4 Å². The van der Waals surface area contributed by atoms with Gasteiger partial charge in [-0.05, 0) is 73.8 Å². The summed E-state index contributed by atoms with van der Waals surface area (Å²) in [4.78, 5) is 13.4. The van der Waals surface area contributed by atoms with Gasteiger partial charge in [0.05, 0.1) is 0 Å². The number of carbonyl (C=O) groups excluding carboxylic acids is 1. The minimum absolute atomic E-state index is 0. The molecule has 1 aromatic heterocycles. The first kappa shape index (κ1) is 20.7. The summed E-state index contributed by atoms with van der Waals surface area (Å²) >= 11 is 1.55. The van der Waals surface area contributed by atoms with E-state index in [0.717, 1.165) is 28.8 Å². The highest BCUT2D eigenvalue weighted by molar-refractivity contribution is 7.99. The van der Waals surface area contributed by atoms with Crippen molar-refractivity contribution in [3.05, 3.63) is 30.6 Å². The smallest absolute Gasteiger partial charge is 0.224 e. The summed E-state index contributed by atoms with van der Waals surface area (Å²) in [6.45, 7) is 4.31. The lowest BCUT2D eigenvalue weighted by molar-refractivity contribution is -0.117. The number of amides is 1. The molecule has 0 saturated carbocycles. The summed E-state index contributed by atoms with van der Waals surface area (Å²) in [5, 5.41) is 15.2. The third kappa shape index (κ3) is 5.72. The molecule has 1 aliphatic heterocycles. The molecular weight excluding hydrogens is 370 g/mol. The van der Waals surface area contributed by atoms with E-state index in [4.69, 9.17) is 0 Å². The number of hydrogen-bond donors (Lipinski definition) is 2. The van der Waals surface area contributed by atoms with Crippen molar-refractivity contribution in [2.24, 2.45) is 18.9 Å². The number of benzene rings is 1. The van der Waals surface area contributed by atoms with E-state index >= 15 is 0 Å². The van der Waals surface area contributed by atoms with Gasteiger partial charge in [0, 0.05) is 24.1 Å². The number of nitrogens with one attached hydrogen (secondary N) is 2. The Balaban J connectivity index is 0.00000243. The van der Waals surface area contributed by atoms with Crippen LogP contribution in [-0.2, 0) is 11.8 Å². The van der Waals surface area contributed by atoms with Crippen LogP contribution in [0.15, 0.2) is 40.6 Å². The van der Waals surface area contributed by atoms with E-state index in [1.165, 1.54) is 12.8 Å². The van der Waals surface area contributed by atoms with Crippen LogP contribution in [0.1, 0.15) is 26.2 Å². The fourth-order valence-electron chi connectivity index (χ4n) is 3.11. The minimum atomic E-state index is 0. The number of anilines is 1. The summed E-state index contributed by atoms with van der Waals surface area (Å²) in [7, 11) is 1.92. The molecule has 6 nitrogen and oxygen atoms in total. The number of nitrogens with zero attached hydrogens (tertiary/aromatic N) is 3. The number of piperidine rings is 1. The Morgan fingerprint density at radius 3 is 2.81 bits per heavy atom. The predicted molar refractivity (Wildman–Crippen MR) is 107 cm³/mol. The molecule has 2 heterocycles. The standard InChI is InChI=1S/C18H25N5OS.ClH/c1-13(14-4-3-9-19-11-14)10-17(24)21-15-5-7-16(8-6-15)25-18-22-20-12-23(18)2;/h5-8,12-14,19H,3-4,9-11H2,1-2H3,(H,21,24);1H. The van der Waals surface area contributed by atoms with Gasteiger partial charge in [0.25, 0.3) is 0 Å². The third-order valence-corrected chi connectivity index (χ3v) is 5.72. The molecule has 8 heteroatoms. The van der Waals surface area contributed by atoms with Crippen LogP contribution in [0.4, 0.5) is 5.69 Å². The highest BCUT2D eigenvalue weighted by Crippen LogP contribution is 2.27. The second-order valence-corrected chi connectivity index (χ2v) is 7.73. The van der Waals surface area contributed by atoms with Crippen molar-refractivity contribution in [3.8, 4) is 0 Å². The van der Waals surface area contributed by atoms with E-state index in [1.54, 1.807) is 18.1 Å². The maximum atomic E-state index is 12.3. The zero-order valence-electron chi connectivity index (χ0n) is 15.1. The molecule has 0 bridgehead atoms. The molecule has 2 N–H and O–H groups in total. The molecule has 2 atom stereocenters. The summed E-state index contributed by atoms with van der Waals surface area (Å²) in [6.07, 6.45) is 4.68. The van der Waals surface area contributed by atoms with Crippen LogP contribution in [0.2, 0.25) is 0 Å². The fraction of sp³-hybridized carbons (Fsp3) is 0.500. The summed E-state index contributed by atoms with van der Waals surface area (Å²) < 4.78 is 1.88. The Morgan fingerprint density at radius 1 is 1.42 bits per heavy atom. The molecule has 142 valence electrons. The average molecular weight is 396 g/mol. The molecule has 1 fully saturated rings. The van der Waals surface area contributed by atoms with E-state index in [2.05, 4.69) is 27.8 Å². The largest absolute Gasteiger partial charge is 0.326 e. The molecule has 1 aromatic carbocycles.